The quantitative estimate of drug-likeness (QED) is 0.118. The van der Waals surface area contributed by atoms with Crippen molar-refractivity contribution in [3.63, 3.8) is 0 Å². The number of nitrogens with one attached hydrogen (secondary N) is 1. The molecule has 0 unspecified atom stereocenters. The molecule has 65 heavy (non-hydrogen) atoms. The first-order chi connectivity index (χ1) is 30.9. The average Bonchev–Trinajstić information content (AvgIpc) is 3.59. The van der Waals surface area contributed by atoms with Gasteiger partial charge in [-0.3, -0.25) is 9.59 Å². The molecule has 2 bridgehead atoms. The van der Waals surface area contributed by atoms with E-state index in [-0.39, 0.29) is 66.8 Å². The van der Waals surface area contributed by atoms with Crippen molar-refractivity contribution in [3.8, 4) is 0 Å². The van der Waals surface area contributed by atoms with Gasteiger partial charge in [0.15, 0.2) is 18.4 Å². The number of hydrogen-bond donors (Lipinski definition) is 3. The van der Waals surface area contributed by atoms with Gasteiger partial charge in [-0.15, -0.1) is 0 Å². The van der Waals surface area contributed by atoms with Crippen LogP contribution in [0.5, 0.6) is 0 Å². The molecule has 4 fully saturated rings. The molecule has 1 amide bonds. The Balaban J connectivity index is 1.17. The van der Waals surface area contributed by atoms with Crippen LogP contribution in [0.15, 0.2) is 64.4 Å². The first kappa shape index (κ1) is 49.6. The molecule has 1 aliphatic carbocycles. The smallest absolute Gasteiger partial charge is 0.316 e. The molecular formula is C49H72N2O14. The molecule has 4 saturated heterocycles. The fourth-order valence-electron chi connectivity index (χ4n) is 10.9. The lowest BCUT2D eigenvalue weighted by molar-refractivity contribution is -0.311. The molecule has 7 aliphatic rings. The van der Waals surface area contributed by atoms with Crippen LogP contribution in [0.2, 0.25) is 0 Å². The zero-order valence-electron chi connectivity index (χ0n) is 39.8. The van der Waals surface area contributed by atoms with Crippen LogP contribution in [0.4, 0.5) is 0 Å². The topological polar surface area (TPSA) is 191 Å². The van der Waals surface area contributed by atoms with Crippen molar-refractivity contribution in [2.24, 2.45) is 28.8 Å². The fourth-order valence-corrected chi connectivity index (χ4v) is 10.9. The van der Waals surface area contributed by atoms with E-state index in [1.165, 1.54) is 6.92 Å². The standard InChI is InChI=1S/C49H72N2O14/c1-25(2)43-28(5)17-18-48(65-43)23-35-20-34(64-48)16-15-27(4)44(26(3)13-12-14-33-24-58-46-41(51-55)29(6)19-36(47(53)61-35)49(33,46)54)62-40-22-38(57-11)45(31(8)60-40)63-39-21-37(56-10)42(30(7)59-39)50-32(9)52/h12-15,17-19,25-26,28,30-31,34-40,42-46,54-55H,16,20-24H2,1-11H3,(H,50,52)/b13-12-,27-15-,33-14?,51-41+/t26-,28-,30-,31-,34+,35-,36-,37-,38-,39-,40-,42+,43+,44-,45-,46+,48+,49+/m0/s1. The molecule has 6 aliphatic heterocycles. The van der Waals surface area contributed by atoms with Gasteiger partial charge in [-0.05, 0) is 62.8 Å². The molecular weight excluding hydrogens is 841 g/mol. The summed E-state index contributed by atoms with van der Waals surface area (Å²) in [6, 6.07) is -0.318. The number of amides is 1. The van der Waals surface area contributed by atoms with Crippen molar-refractivity contribution in [2.45, 2.75) is 185 Å². The van der Waals surface area contributed by atoms with Crippen LogP contribution >= 0.6 is 0 Å². The second-order valence-corrected chi connectivity index (χ2v) is 19.5. The molecule has 18 atom stereocenters. The summed E-state index contributed by atoms with van der Waals surface area (Å²) in [5.74, 6) is -2.91. The van der Waals surface area contributed by atoms with Gasteiger partial charge in [-0.2, -0.15) is 0 Å². The van der Waals surface area contributed by atoms with Crippen molar-refractivity contribution in [3.05, 3.63) is 59.3 Å². The number of methoxy groups -OCH3 is 2. The summed E-state index contributed by atoms with van der Waals surface area (Å²) in [5.41, 5.74) is 0.175. The third kappa shape index (κ3) is 10.4. The maximum atomic E-state index is 14.4. The molecule has 0 radical (unpaired) electrons. The van der Waals surface area contributed by atoms with E-state index in [0.29, 0.717) is 36.8 Å². The molecule has 0 aromatic carbocycles. The van der Waals surface area contributed by atoms with E-state index >= 15 is 0 Å². The van der Waals surface area contributed by atoms with E-state index < -0.39 is 78.6 Å². The summed E-state index contributed by atoms with van der Waals surface area (Å²) in [7, 11) is 3.26. The zero-order valence-corrected chi connectivity index (χ0v) is 39.8. The molecule has 1 spiro atoms. The largest absolute Gasteiger partial charge is 0.462 e. The molecule has 16 nitrogen and oxygen atoms in total. The van der Waals surface area contributed by atoms with Gasteiger partial charge in [0.1, 0.15) is 35.5 Å². The van der Waals surface area contributed by atoms with E-state index in [2.05, 4.69) is 50.3 Å². The van der Waals surface area contributed by atoms with Gasteiger partial charge in [0, 0.05) is 58.7 Å². The molecule has 0 aromatic heterocycles. The van der Waals surface area contributed by atoms with Crippen LogP contribution in [-0.4, -0.2) is 140 Å². The first-order valence-corrected chi connectivity index (χ1v) is 23.4. The van der Waals surface area contributed by atoms with Crippen LogP contribution in [0, 0.1) is 23.7 Å². The van der Waals surface area contributed by atoms with E-state index in [4.69, 9.17) is 47.4 Å². The van der Waals surface area contributed by atoms with Gasteiger partial charge >= 0.3 is 5.97 Å². The summed E-state index contributed by atoms with van der Waals surface area (Å²) >= 11 is 0. The second-order valence-electron chi connectivity index (χ2n) is 19.5. The Hall–Kier alpha value is -3.29. The molecule has 6 heterocycles. The molecule has 362 valence electrons. The minimum absolute atomic E-state index is 0.000789. The van der Waals surface area contributed by atoms with Crippen molar-refractivity contribution in [2.75, 3.05) is 20.8 Å². The highest BCUT2D eigenvalue weighted by Gasteiger charge is 2.60. The number of oxime groups is 1. The first-order valence-electron chi connectivity index (χ1n) is 23.4. The highest BCUT2D eigenvalue weighted by molar-refractivity contribution is 6.07. The number of aliphatic hydroxyl groups is 1. The van der Waals surface area contributed by atoms with Crippen molar-refractivity contribution in [1.82, 2.24) is 5.32 Å². The van der Waals surface area contributed by atoms with E-state index in [1.807, 2.05) is 39.0 Å². The van der Waals surface area contributed by atoms with Gasteiger partial charge in [0.05, 0.1) is 55.4 Å². The number of allylic oxidation sites excluding steroid dienone is 2. The number of esters is 1. The Morgan fingerprint density at radius 1 is 0.938 bits per heavy atom. The van der Waals surface area contributed by atoms with Gasteiger partial charge in [0.25, 0.3) is 0 Å². The van der Waals surface area contributed by atoms with Crippen LogP contribution < -0.4 is 5.32 Å². The maximum absolute atomic E-state index is 14.4. The van der Waals surface area contributed by atoms with Crippen molar-refractivity contribution >= 4 is 17.6 Å². The predicted molar refractivity (Wildman–Crippen MR) is 238 cm³/mol. The Bertz CT molecular complexity index is 1910. The molecule has 0 saturated carbocycles. The van der Waals surface area contributed by atoms with Crippen molar-refractivity contribution in [1.29, 1.82) is 0 Å². The highest BCUT2D eigenvalue weighted by atomic mass is 16.7. The lowest BCUT2D eigenvalue weighted by Gasteiger charge is -2.48. The summed E-state index contributed by atoms with van der Waals surface area (Å²) in [4.78, 5) is 26.3. The summed E-state index contributed by atoms with van der Waals surface area (Å²) in [5, 5.41) is 29.1. The Morgan fingerprint density at radius 2 is 1.65 bits per heavy atom. The number of hydrogen-bond acceptors (Lipinski definition) is 15. The van der Waals surface area contributed by atoms with Crippen LogP contribution in [0.1, 0.15) is 94.4 Å². The normalized spacial score (nSPS) is 45.6. The number of carbonyl (C=O) groups is 2. The average molecular weight is 913 g/mol. The lowest BCUT2D eigenvalue weighted by Crippen LogP contribution is -2.58. The number of rotatable bonds is 8. The van der Waals surface area contributed by atoms with Crippen LogP contribution in [-0.2, 0) is 57.0 Å². The fraction of sp³-hybridized carbons (Fsp3) is 0.735. The number of nitrogens with zero attached hydrogens (tertiary/aromatic N) is 1. The third-order valence-corrected chi connectivity index (χ3v) is 14.3. The monoisotopic (exact) mass is 912 g/mol. The summed E-state index contributed by atoms with van der Waals surface area (Å²) in [6.07, 6.45) is 9.32. The Labute approximate surface area is 383 Å². The Morgan fingerprint density at radius 3 is 2.34 bits per heavy atom. The third-order valence-electron chi connectivity index (χ3n) is 14.3. The van der Waals surface area contributed by atoms with Gasteiger partial charge in [0.2, 0.25) is 5.91 Å². The van der Waals surface area contributed by atoms with Crippen LogP contribution in [0.3, 0.4) is 0 Å². The maximum Gasteiger partial charge on any atom is 0.316 e. The van der Waals surface area contributed by atoms with Gasteiger partial charge in [-0.25, -0.2) is 0 Å². The van der Waals surface area contributed by atoms with E-state index in [9.17, 15) is 19.9 Å². The van der Waals surface area contributed by atoms with Crippen LogP contribution in [0.25, 0.3) is 0 Å². The van der Waals surface area contributed by atoms with Gasteiger partial charge in [-0.1, -0.05) is 69.3 Å². The molecule has 3 N–H and O–H groups in total. The molecule has 7 rings (SSSR count). The molecule has 0 aromatic rings. The minimum Gasteiger partial charge on any atom is -0.462 e. The van der Waals surface area contributed by atoms with Gasteiger partial charge < -0.3 is 63.0 Å². The zero-order chi connectivity index (χ0) is 47.0. The SMILES string of the molecule is CO[C@H]1C[C@H](O[C@H]2[C@H](C)O[C@@H](O[C@@H]3/C(C)=C\C[C@@H]4C[C@@H](C[C@]5(C=C[C@H](C)[C@@H](C(C)C)O5)O4)OC(=O)[C@@H]4C=C(C)/C(=N\O)[C@H]5OCC(=C/C=C\[C@@H]3C)[C@]54O)C[C@@H]2OC)O[C@@H](C)[C@H]1NC(C)=O. The summed E-state index contributed by atoms with van der Waals surface area (Å²) in [6.45, 7) is 17.5. The number of fused-ring (bicyclic) bond motifs is 2. The number of carbonyl (C=O) groups excluding carboxylic acids is 2. The van der Waals surface area contributed by atoms with Crippen molar-refractivity contribution < 1.29 is 67.3 Å². The Kier molecular flexibility index (Phi) is 15.7. The second kappa shape index (κ2) is 20.5. The number of ether oxygens (including phenoxy) is 10. The molecule has 16 heteroatoms. The lowest BCUT2D eigenvalue weighted by atomic mass is 9.71. The predicted octanol–water partition coefficient (Wildman–Crippen LogP) is 5.60. The minimum atomic E-state index is -1.88. The van der Waals surface area contributed by atoms with E-state index in [0.717, 1.165) is 5.57 Å². The highest BCUT2D eigenvalue weighted by Crippen LogP contribution is 2.46. The summed E-state index contributed by atoms with van der Waals surface area (Å²) < 4.78 is 64.3. The van der Waals surface area contributed by atoms with E-state index in [1.54, 1.807) is 33.3 Å².